The highest BCUT2D eigenvalue weighted by molar-refractivity contribution is 7.89. The first kappa shape index (κ1) is 18.8. The number of carbonyl (C=O) groups excluding carboxylic acids is 1. The topological polar surface area (TPSA) is 69.7 Å². The number of nitrogens with one attached hydrogen (secondary N) is 1. The molecule has 0 bridgehead atoms. The van der Waals surface area contributed by atoms with Gasteiger partial charge in [-0.15, -0.1) is 0 Å². The second kappa shape index (κ2) is 8.04. The molecule has 8 heteroatoms. The summed E-state index contributed by atoms with van der Waals surface area (Å²) in [7, 11) is -3.84. The number of benzene rings is 1. The van der Waals surface area contributed by atoms with Gasteiger partial charge < -0.3 is 5.32 Å². The van der Waals surface area contributed by atoms with Crippen LogP contribution in [-0.2, 0) is 14.8 Å². The largest absolute Gasteiger partial charge is 0.353 e. The molecule has 1 aromatic rings. The van der Waals surface area contributed by atoms with Crippen molar-refractivity contribution in [1.82, 2.24) is 14.5 Å². The van der Waals surface area contributed by atoms with E-state index in [0.29, 0.717) is 13.1 Å². The zero-order valence-electron chi connectivity index (χ0n) is 14.0. The van der Waals surface area contributed by atoms with Gasteiger partial charge in [-0.1, -0.05) is 19.1 Å². The van der Waals surface area contributed by atoms with Gasteiger partial charge in [0.15, 0.2) is 0 Å². The molecular weight excluding hydrogens is 333 g/mol. The smallest absolute Gasteiger partial charge is 0.246 e. The number of sulfonamides is 1. The average Bonchev–Trinajstić information content (AvgIpc) is 2.55. The molecule has 2 rings (SSSR count). The summed E-state index contributed by atoms with van der Waals surface area (Å²) >= 11 is 0. The Hall–Kier alpha value is -1.51. The van der Waals surface area contributed by atoms with Crippen LogP contribution >= 0.6 is 0 Å². The number of rotatable bonds is 6. The molecule has 1 aliphatic rings. The molecule has 1 heterocycles. The highest BCUT2D eigenvalue weighted by Gasteiger charge is 2.30. The van der Waals surface area contributed by atoms with E-state index in [0.717, 1.165) is 12.5 Å². The molecule has 0 spiro atoms. The summed E-state index contributed by atoms with van der Waals surface area (Å²) in [6.07, 6.45) is 0.862. The van der Waals surface area contributed by atoms with Gasteiger partial charge in [-0.25, -0.2) is 12.8 Å². The standard InChI is InChI=1S/C16H24FN3O3S/c1-3-13(2)18-16(21)12-19-8-10-20(11-9-19)24(22,23)15-7-5-4-6-14(15)17/h4-7,13H,3,8-12H2,1-2H3,(H,18,21)/t13-/m1/s1. The summed E-state index contributed by atoms with van der Waals surface area (Å²) in [5.74, 6) is -0.803. The molecule has 1 aliphatic heterocycles. The lowest BCUT2D eigenvalue weighted by molar-refractivity contribution is -0.123. The van der Waals surface area contributed by atoms with Crippen LogP contribution in [0, 0.1) is 5.82 Å². The monoisotopic (exact) mass is 357 g/mol. The molecule has 1 N–H and O–H groups in total. The third-order valence-electron chi connectivity index (χ3n) is 4.17. The molecule has 24 heavy (non-hydrogen) atoms. The fourth-order valence-electron chi connectivity index (χ4n) is 2.55. The third kappa shape index (κ3) is 4.52. The number of halogens is 1. The van der Waals surface area contributed by atoms with E-state index in [1.807, 2.05) is 18.7 Å². The Balaban J connectivity index is 1.93. The van der Waals surface area contributed by atoms with Gasteiger partial charge in [0, 0.05) is 32.2 Å². The zero-order chi connectivity index (χ0) is 17.7. The van der Waals surface area contributed by atoms with E-state index in [1.54, 1.807) is 0 Å². The van der Waals surface area contributed by atoms with Crippen LogP contribution in [0.5, 0.6) is 0 Å². The quantitative estimate of drug-likeness (QED) is 0.826. The Bertz CT molecular complexity index is 673. The van der Waals surface area contributed by atoms with E-state index in [2.05, 4.69) is 5.32 Å². The lowest BCUT2D eigenvalue weighted by Crippen LogP contribution is -2.51. The van der Waals surface area contributed by atoms with Crippen molar-refractivity contribution in [2.24, 2.45) is 0 Å². The van der Waals surface area contributed by atoms with Crippen molar-refractivity contribution in [3.63, 3.8) is 0 Å². The molecule has 0 unspecified atom stereocenters. The Morgan fingerprint density at radius 2 is 1.88 bits per heavy atom. The molecule has 1 aromatic carbocycles. The Morgan fingerprint density at radius 3 is 2.46 bits per heavy atom. The van der Waals surface area contributed by atoms with Gasteiger partial charge in [0.25, 0.3) is 0 Å². The minimum atomic E-state index is -3.84. The molecule has 1 amide bonds. The molecule has 1 fully saturated rings. The van der Waals surface area contributed by atoms with Crippen LogP contribution in [0.15, 0.2) is 29.2 Å². The average molecular weight is 357 g/mol. The van der Waals surface area contributed by atoms with Gasteiger partial charge in [-0.2, -0.15) is 4.31 Å². The van der Waals surface area contributed by atoms with Gasteiger partial charge in [0.1, 0.15) is 10.7 Å². The van der Waals surface area contributed by atoms with Crippen LogP contribution in [-0.4, -0.2) is 62.3 Å². The summed E-state index contributed by atoms with van der Waals surface area (Å²) in [5.41, 5.74) is 0. The van der Waals surface area contributed by atoms with Crippen LogP contribution in [0.3, 0.4) is 0 Å². The fraction of sp³-hybridized carbons (Fsp3) is 0.562. The predicted octanol–water partition coefficient (Wildman–Crippen LogP) is 1.05. The maximum Gasteiger partial charge on any atom is 0.246 e. The molecule has 0 aromatic heterocycles. The normalized spacial score (nSPS) is 18.3. The van der Waals surface area contributed by atoms with Crippen molar-refractivity contribution >= 4 is 15.9 Å². The van der Waals surface area contributed by atoms with Crippen molar-refractivity contribution in [3.8, 4) is 0 Å². The highest BCUT2D eigenvalue weighted by atomic mass is 32.2. The summed E-state index contributed by atoms with van der Waals surface area (Å²) in [5, 5.41) is 2.89. The number of carbonyl (C=O) groups is 1. The van der Waals surface area contributed by atoms with Crippen LogP contribution < -0.4 is 5.32 Å². The molecule has 0 saturated carbocycles. The third-order valence-corrected chi connectivity index (χ3v) is 6.10. The first-order valence-corrected chi connectivity index (χ1v) is 9.55. The molecule has 6 nitrogen and oxygen atoms in total. The number of hydrogen-bond acceptors (Lipinski definition) is 4. The van der Waals surface area contributed by atoms with E-state index >= 15 is 0 Å². The first-order chi connectivity index (χ1) is 11.3. The van der Waals surface area contributed by atoms with Crippen LogP contribution in [0.1, 0.15) is 20.3 Å². The van der Waals surface area contributed by atoms with E-state index < -0.39 is 15.8 Å². The van der Waals surface area contributed by atoms with Gasteiger partial charge >= 0.3 is 0 Å². The van der Waals surface area contributed by atoms with Crippen molar-refractivity contribution in [2.45, 2.75) is 31.2 Å². The minimum absolute atomic E-state index is 0.0604. The second-order valence-corrected chi connectivity index (χ2v) is 7.89. The van der Waals surface area contributed by atoms with Crippen LogP contribution in [0.4, 0.5) is 4.39 Å². The van der Waals surface area contributed by atoms with Crippen molar-refractivity contribution in [2.75, 3.05) is 32.7 Å². The Morgan fingerprint density at radius 1 is 1.25 bits per heavy atom. The van der Waals surface area contributed by atoms with E-state index in [-0.39, 0.29) is 36.5 Å². The summed E-state index contributed by atoms with van der Waals surface area (Å²) < 4.78 is 40.1. The molecule has 1 atom stereocenters. The maximum atomic E-state index is 13.8. The molecule has 0 aliphatic carbocycles. The van der Waals surface area contributed by atoms with Crippen molar-refractivity contribution in [1.29, 1.82) is 0 Å². The predicted molar refractivity (Wildman–Crippen MR) is 89.5 cm³/mol. The lowest BCUT2D eigenvalue weighted by atomic mass is 10.2. The molecule has 1 saturated heterocycles. The first-order valence-electron chi connectivity index (χ1n) is 8.11. The maximum absolute atomic E-state index is 13.8. The van der Waals surface area contributed by atoms with Crippen molar-refractivity contribution < 1.29 is 17.6 Å². The Labute approximate surface area is 142 Å². The zero-order valence-corrected chi connectivity index (χ0v) is 14.9. The number of nitrogens with zero attached hydrogens (tertiary/aromatic N) is 2. The lowest BCUT2D eigenvalue weighted by Gasteiger charge is -2.33. The Kier molecular flexibility index (Phi) is 6.31. The second-order valence-electron chi connectivity index (χ2n) is 5.99. The summed E-state index contributed by atoms with van der Waals surface area (Å²) in [4.78, 5) is 13.5. The molecule has 0 radical (unpaired) electrons. The van der Waals surface area contributed by atoms with Gasteiger partial charge in [-0.05, 0) is 25.5 Å². The van der Waals surface area contributed by atoms with E-state index in [9.17, 15) is 17.6 Å². The fourth-order valence-corrected chi connectivity index (χ4v) is 4.03. The summed E-state index contributed by atoms with van der Waals surface area (Å²) in [6.45, 7) is 5.57. The minimum Gasteiger partial charge on any atom is -0.353 e. The highest BCUT2D eigenvalue weighted by Crippen LogP contribution is 2.20. The van der Waals surface area contributed by atoms with Crippen LogP contribution in [0.25, 0.3) is 0 Å². The molecular formula is C16H24FN3O3S. The van der Waals surface area contributed by atoms with Gasteiger partial charge in [0.2, 0.25) is 15.9 Å². The number of piperazine rings is 1. The SMILES string of the molecule is CC[C@@H](C)NC(=O)CN1CCN(S(=O)(=O)c2ccccc2F)CC1. The van der Waals surface area contributed by atoms with Crippen molar-refractivity contribution in [3.05, 3.63) is 30.1 Å². The van der Waals surface area contributed by atoms with E-state index in [4.69, 9.17) is 0 Å². The van der Waals surface area contributed by atoms with Gasteiger partial charge in [-0.3, -0.25) is 9.69 Å². The van der Waals surface area contributed by atoms with Crippen LogP contribution in [0.2, 0.25) is 0 Å². The number of amides is 1. The molecule has 134 valence electrons. The summed E-state index contributed by atoms with van der Waals surface area (Å²) in [6, 6.07) is 5.51. The van der Waals surface area contributed by atoms with Gasteiger partial charge in [0.05, 0.1) is 6.54 Å². The number of hydrogen-bond donors (Lipinski definition) is 1. The van der Waals surface area contributed by atoms with E-state index in [1.165, 1.54) is 22.5 Å².